The van der Waals surface area contributed by atoms with Crippen LogP contribution in [-0.4, -0.2) is 6.66 Å². The predicted octanol–water partition coefficient (Wildman–Crippen LogP) is 13.4. The fourth-order valence-electron chi connectivity index (χ4n) is 7.52. The first-order valence-corrected chi connectivity index (χ1v) is 22.1. The maximum absolute atomic E-state index is 16.3. The summed E-state index contributed by atoms with van der Waals surface area (Å²) in [6.07, 6.45) is 0. The van der Waals surface area contributed by atoms with Crippen molar-refractivity contribution in [3.63, 3.8) is 0 Å². The van der Waals surface area contributed by atoms with Crippen molar-refractivity contribution in [2.45, 2.75) is 0 Å². The molecule has 1 atom stereocenters. The van der Waals surface area contributed by atoms with Gasteiger partial charge in [0.15, 0.2) is 0 Å². The van der Waals surface area contributed by atoms with Gasteiger partial charge in [0, 0.05) is 30.8 Å². The van der Waals surface area contributed by atoms with E-state index in [1.165, 1.54) is 5.30 Å². The number of fused-ring (bicyclic) bond motifs is 1. The first kappa shape index (κ1) is 35.3. The molecule has 1 heterocycles. The van der Waals surface area contributed by atoms with Gasteiger partial charge in [-0.05, 0) is 114 Å². The summed E-state index contributed by atoms with van der Waals surface area (Å²) in [4.78, 5) is 0. The Labute approximate surface area is 330 Å². The highest BCUT2D eigenvalue weighted by atomic mass is 31.2. The molecular weight excluding hydrogens is 723 g/mol. The third-order valence-corrected chi connectivity index (χ3v) is 15.1. The number of para-hydroxylation sites is 8. The molecule has 56 heavy (non-hydrogen) atoms. The van der Waals surface area contributed by atoms with Crippen LogP contribution in [-0.2, 0) is 4.57 Å². The Morgan fingerprint density at radius 2 is 1.00 bits per heavy atom. The van der Waals surface area contributed by atoms with Crippen LogP contribution in [0.1, 0.15) is 0 Å². The Morgan fingerprint density at radius 3 is 1.62 bits per heavy atom. The second kappa shape index (κ2) is 15.4. The van der Waals surface area contributed by atoms with Crippen molar-refractivity contribution in [3.05, 3.63) is 218 Å². The average molecular weight is 763 g/mol. The number of anilines is 8. The minimum Gasteiger partial charge on any atom is -0.354 e. The van der Waals surface area contributed by atoms with Crippen molar-refractivity contribution < 1.29 is 4.57 Å². The molecular formula is C49H40N4OP2. The van der Waals surface area contributed by atoms with Crippen LogP contribution in [0, 0.1) is 0 Å². The van der Waals surface area contributed by atoms with E-state index in [1.54, 1.807) is 0 Å². The molecule has 0 unspecified atom stereocenters. The number of benzene rings is 8. The summed E-state index contributed by atoms with van der Waals surface area (Å²) in [6.45, 7) is 2.32. The van der Waals surface area contributed by atoms with E-state index >= 15 is 4.57 Å². The standard InChI is InChI=1S/C49H40N4OP2/c1-55(51(41-24-8-3-9-25-41)47-33-15-14-32-46(47)50-40-22-6-2-7-23-40)44-30-18-20-38(36-44)39-21-19-31-45(37-39)56(54)52(42-26-10-4-11-27-42)48-34-16-17-35-49(48)53(56)43-28-12-5-13-29-43/h2-37,50H,1H3/t55-/m1/s1. The van der Waals surface area contributed by atoms with E-state index < -0.39 is 15.5 Å². The Morgan fingerprint density at radius 1 is 0.500 bits per heavy atom. The van der Waals surface area contributed by atoms with Crippen LogP contribution < -0.4 is 29.9 Å². The van der Waals surface area contributed by atoms with Crippen LogP contribution in [0.4, 0.5) is 45.5 Å². The van der Waals surface area contributed by atoms with Crippen LogP contribution >= 0.6 is 15.5 Å². The normalized spacial score (nSPS) is 13.5. The van der Waals surface area contributed by atoms with Gasteiger partial charge in [0.2, 0.25) is 0 Å². The van der Waals surface area contributed by atoms with E-state index in [0.717, 1.165) is 61.9 Å². The average Bonchev–Trinajstić information content (AvgIpc) is 3.54. The van der Waals surface area contributed by atoms with Crippen molar-refractivity contribution in [3.8, 4) is 11.1 Å². The maximum atomic E-state index is 16.3. The van der Waals surface area contributed by atoms with Gasteiger partial charge in [0.05, 0.1) is 28.1 Å². The highest BCUT2D eigenvalue weighted by Crippen LogP contribution is 2.70. The van der Waals surface area contributed by atoms with Crippen molar-refractivity contribution in [2.75, 3.05) is 26.0 Å². The summed E-state index contributed by atoms with van der Waals surface area (Å²) < 4.78 is 22.9. The fraction of sp³-hybridized carbons (Fsp3) is 0.0204. The second-order valence-corrected chi connectivity index (χ2v) is 18.0. The molecule has 9 rings (SSSR count). The van der Waals surface area contributed by atoms with Gasteiger partial charge in [-0.2, -0.15) is 0 Å². The molecule has 7 heteroatoms. The van der Waals surface area contributed by atoms with Crippen molar-refractivity contribution in [1.82, 2.24) is 0 Å². The molecule has 0 saturated carbocycles. The van der Waals surface area contributed by atoms with Gasteiger partial charge in [0.25, 0.3) is 0 Å². The van der Waals surface area contributed by atoms with Crippen LogP contribution in [0.3, 0.4) is 0 Å². The molecule has 0 aromatic heterocycles. The van der Waals surface area contributed by atoms with E-state index in [0.29, 0.717) is 0 Å². The topological polar surface area (TPSA) is 38.8 Å². The monoisotopic (exact) mass is 762 g/mol. The number of hydrogen-bond donors (Lipinski definition) is 1. The van der Waals surface area contributed by atoms with Gasteiger partial charge in [-0.25, -0.2) is 0 Å². The van der Waals surface area contributed by atoms with Crippen LogP contribution in [0.15, 0.2) is 218 Å². The predicted molar refractivity (Wildman–Crippen MR) is 240 cm³/mol. The molecule has 0 radical (unpaired) electrons. The molecule has 0 spiro atoms. The first-order valence-electron chi connectivity index (χ1n) is 18.7. The van der Waals surface area contributed by atoms with Gasteiger partial charge in [-0.15, -0.1) is 0 Å². The summed E-state index contributed by atoms with van der Waals surface area (Å²) >= 11 is 0. The number of hydrogen-bond acceptors (Lipinski definition) is 3. The fourth-order valence-corrected chi connectivity index (χ4v) is 12.4. The Hall–Kier alpha value is -6.38. The van der Waals surface area contributed by atoms with E-state index in [1.807, 2.05) is 103 Å². The quantitative estimate of drug-likeness (QED) is 0.141. The lowest BCUT2D eigenvalue weighted by Gasteiger charge is -2.34. The highest BCUT2D eigenvalue weighted by Gasteiger charge is 2.49. The van der Waals surface area contributed by atoms with E-state index in [4.69, 9.17) is 0 Å². The molecule has 8 aromatic rings. The second-order valence-electron chi connectivity index (χ2n) is 13.6. The highest BCUT2D eigenvalue weighted by molar-refractivity contribution is 7.76. The van der Waals surface area contributed by atoms with Crippen LogP contribution in [0.2, 0.25) is 0 Å². The Balaban J connectivity index is 1.14. The third kappa shape index (κ3) is 6.56. The van der Waals surface area contributed by atoms with Crippen molar-refractivity contribution in [1.29, 1.82) is 0 Å². The summed E-state index contributed by atoms with van der Waals surface area (Å²) in [5.74, 6) is 0. The minimum absolute atomic E-state index is 0.759. The zero-order valence-corrected chi connectivity index (χ0v) is 32.7. The lowest BCUT2D eigenvalue weighted by Crippen LogP contribution is -2.26. The van der Waals surface area contributed by atoms with E-state index in [2.05, 4.69) is 141 Å². The molecule has 1 aliphatic rings. The number of nitrogens with zero attached hydrogens (tertiary/aromatic N) is 3. The number of nitrogens with one attached hydrogen (secondary N) is 1. The smallest absolute Gasteiger partial charge is 0.301 e. The lowest BCUT2D eigenvalue weighted by molar-refractivity contribution is 0.582. The zero-order valence-electron chi connectivity index (χ0n) is 30.9. The molecule has 1 aliphatic heterocycles. The zero-order chi connectivity index (χ0) is 37.9. The van der Waals surface area contributed by atoms with Crippen LogP contribution in [0.5, 0.6) is 0 Å². The first-order chi connectivity index (χ1) is 27.6. The van der Waals surface area contributed by atoms with Crippen molar-refractivity contribution in [2.24, 2.45) is 0 Å². The minimum atomic E-state index is -3.52. The summed E-state index contributed by atoms with van der Waals surface area (Å²) in [6, 6.07) is 75.0. The molecule has 272 valence electrons. The maximum Gasteiger partial charge on any atom is 0.301 e. The third-order valence-electron chi connectivity index (χ3n) is 10.1. The largest absolute Gasteiger partial charge is 0.354 e. The molecule has 0 aliphatic carbocycles. The van der Waals surface area contributed by atoms with Gasteiger partial charge in [-0.3, -0.25) is 13.9 Å². The Bertz CT molecular complexity index is 2570. The summed E-state index contributed by atoms with van der Waals surface area (Å²) in [5.41, 5.74) is 9.98. The van der Waals surface area contributed by atoms with E-state index in [-0.39, 0.29) is 0 Å². The molecule has 1 N–H and O–H groups in total. The molecule has 5 nitrogen and oxygen atoms in total. The van der Waals surface area contributed by atoms with Gasteiger partial charge in [0.1, 0.15) is 0 Å². The van der Waals surface area contributed by atoms with E-state index in [9.17, 15) is 0 Å². The summed E-state index contributed by atoms with van der Waals surface area (Å²) in [5, 5.41) is 5.65. The van der Waals surface area contributed by atoms with Crippen LogP contribution in [0.25, 0.3) is 11.1 Å². The SMILES string of the molecule is C[P@](c1cccc(-c2cccc(P3(=O)N(c4ccccc4)c4ccccc4N3c3ccccc3)c2)c1)N(c1ccccc1)c1ccccc1Nc1ccccc1. The molecule has 8 aromatic carbocycles. The summed E-state index contributed by atoms with van der Waals surface area (Å²) in [7, 11) is -4.42. The molecule has 0 saturated heterocycles. The van der Waals surface area contributed by atoms with Gasteiger partial charge >= 0.3 is 7.44 Å². The molecule has 0 bridgehead atoms. The van der Waals surface area contributed by atoms with Gasteiger partial charge in [-0.1, -0.05) is 127 Å². The molecule has 0 amide bonds. The number of rotatable bonds is 10. The molecule has 0 fully saturated rings. The lowest BCUT2D eigenvalue weighted by atomic mass is 10.1. The van der Waals surface area contributed by atoms with Crippen molar-refractivity contribution >= 4 is 71.6 Å². The van der Waals surface area contributed by atoms with Gasteiger partial charge < -0.3 is 9.99 Å². The Kier molecular flexibility index (Phi) is 9.71.